The molecule has 8 nitrogen and oxygen atoms in total. The number of nitrogens with one attached hydrogen (secondary N) is 3. The van der Waals surface area contributed by atoms with Crippen LogP contribution in [-0.2, 0) is 17.8 Å². The van der Waals surface area contributed by atoms with Crippen LogP contribution >= 0.6 is 0 Å². The van der Waals surface area contributed by atoms with E-state index in [9.17, 15) is 14.4 Å². The molecule has 0 unspecified atom stereocenters. The van der Waals surface area contributed by atoms with Gasteiger partial charge in [0.15, 0.2) is 0 Å². The number of carboxylic acids is 1. The van der Waals surface area contributed by atoms with Crippen molar-refractivity contribution in [1.82, 2.24) is 10.6 Å². The smallest absolute Gasteiger partial charge is 0.319 e. The number of rotatable bonds is 7. The van der Waals surface area contributed by atoms with Crippen molar-refractivity contribution < 1.29 is 23.9 Å². The number of urea groups is 1. The maximum atomic E-state index is 12.4. The van der Waals surface area contributed by atoms with Crippen molar-refractivity contribution in [2.24, 2.45) is 0 Å². The molecule has 0 bridgehead atoms. The van der Waals surface area contributed by atoms with Crippen molar-refractivity contribution in [3.05, 3.63) is 53.0 Å². The number of aliphatic carboxylic acids is 1. The van der Waals surface area contributed by atoms with E-state index in [1.807, 2.05) is 13.8 Å². The van der Waals surface area contributed by atoms with Gasteiger partial charge in [0.1, 0.15) is 12.2 Å². The number of hydrogen-bond acceptors (Lipinski definition) is 4. The lowest BCUT2D eigenvalue weighted by Crippen LogP contribution is -2.34. The highest BCUT2D eigenvalue weighted by molar-refractivity contribution is 5.97. The molecule has 0 aliphatic rings. The molecule has 0 saturated carbocycles. The number of amides is 3. The van der Waals surface area contributed by atoms with Crippen molar-refractivity contribution in [2.45, 2.75) is 39.8 Å². The van der Waals surface area contributed by atoms with Gasteiger partial charge in [0.2, 0.25) is 0 Å². The van der Waals surface area contributed by atoms with Gasteiger partial charge in [0.25, 0.3) is 5.91 Å². The van der Waals surface area contributed by atoms with Gasteiger partial charge in [-0.25, -0.2) is 4.79 Å². The maximum Gasteiger partial charge on any atom is 0.319 e. The summed E-state index contributed by atoms with van der Waals surface area (Å²) >= 11 is 0. The first-order valence-corrected chi connectivity index (χ1v) is 8.49. The van der Waals surface area contributed by atoms with Crippen molar-refractivity contribution >= 4 is 23.6 Å². The highest BCUT2D eigenvalue weighted by Gasteiger charge is 2.20. The highest BCUT2D eigenvalue weighted by Crippen LogP contribution is 2.18. The summed E-state index contributed by atoms with van der Waals surface area (Å²) < 4.78 is 5.17. The summed E-state index contributed by atoms with van der Waals surface area (Å²) in [5.41, 5.74) is 2.30. The van der Waals surface area contributed by atoms with E-state index < -0.39 is 11.9 Å². The van der Waals surface area contributed by atoms with Crippen molar-refractivity contribution in [3.8, 4) is 0 Å². The number of aryl methyl sites for hydroxylation is 1. The van der Waals surface area contributed by atoms with E-state index in [-0.39, 0.29) is 36.4 Å². The SMILES string of the molecule is Cc1coc(CC(=O)O)c1C(=O)NCc1ccc(NC(=O)NC(C)C)cc1. The molecular formula is C19H23N3O5. The lowest BCUT2D eigenvalue weighted by molar-refractivity contribution is -0.136. The third-order valence-electron chi connectivity index (χ3n) is 3.67. The molecule has 1 aromatic heterocycles. The van der Waals surface area contributed by atoms with Crippen molar-refractivity contribution in [1.29, 1.82) is 0 Å². The average Bonchev–Trinajstić information content (AvgIpc) is 2.93. The molecule has 3 amide bonds. The van der Waals surface area contributed by atoms with Crippen LogP contribution in [-0.4, -0.2) is 29.1 Å². The Kier molecular flexibility index (Phi) is 6.59. The molecule has 0 radical (unpaired) electrons. The third-order valence-corrected chi connectivity index (χ3v) is 3.67. The lowest BCUT2D eigenvalue weighted by atomic mass is 10.1. The van der Waals surface area contributed by atoms with E-state index in [1.54, 1.807) is 31.2 Å². The molecule has 2 aromatic rings. The molecule has 0 aliphatic heterocycles. The summed E-state index contributed by atoms with van der Waals surface area (Å²) in [5, 5.41) is 17.1. The molecular weight excluding hydrogens is 350 g/mol. The van der Waals surface area contributed by atoms with Gasteiger partial charge in [0.05, 0.1) is 11.8 Å². The molecule has 1 aromatic carbocycles. The summed E-state index contributed by atoms with van der Waals surface area (Å²) in [4.78, 5) is 34.9. The predicted octanol–water partition coefficient (Wildman–Crippen LogP) is 2.68. The largest absolute Gasteiger partial charge is 0.481 e. The second-order valence-electron chi connectivity index (χ2n) is 6.42. The van der Waals surface area contributed by atoms with E-state index >= 15 is 0 Å². The molecule has 27 heavy (non-hydrogen) atoms. The Morgan fingerprint density at radius 3 is 2.41 bits per heavy atom. The minimum atomic E-state index is -1.07. The fraction of sp³-hybridized carbons (Fsp3) is 0.316. The molecule has 144 valence electrons. The van der Waals surface area contributed by atoms with Gasteiger partial charge in [-0.05, 0) is 38.5 Å². The first-order valence-electron chi connectivity index (χ1n) is 8.49. The Hall–Kier alpha value is -3.29. The van der Waals surface area contributed by atoms with Gasteiger partial charge in [-0.1, -0.05) is 12.1 Å². The van der Waals surface area contributed by atoms with E-state index in [1.165, 1.54) is 6.26 Å². The number of furan rings is 1. The minimum absolute atomic E-state index is 0.0388. The molecule has 0 atom stereocenters. The summed E-state index contributed by atoms with van der Waals surface area (Å²) in [6.07, 6.45) is 1.02. The van der Waals surface area contributed by atoms with Gasteiger partial charge in [0, 0.05) is 23.8 Å². The molecule has 0 saturated heterocycles. The minimum Gasteiger partial charge on any atom is -0.481 e. The van der Waals surface area contributed by atoms with Gasteiger partial charge in [-0.15, -0.1) is 0 Å². The van der Waals surface area contributed by atoms with E-state index in [2.05, 4.69) is 16.0 Å². The zero-order valence-corrected chi connectivity index (χ0v) is 15.5. The van der Waals surface area contributed by atoms with Crippen LogP contribution in [0.25, 0.3) is 0 Å². The van der Waals surface area contributed by atoms with E-state index in [4.69, 9.17) is 9.52 Å². The van der Waals surface area contributed by atoms with Crippen LogP contribution < -0.4 is 16.0 Å². The van der Waals surface area contributed by atoms with Crippen LogP contribution in [0, 0.1) is 6.92 Å². The van der Waals surface area contributed by atoms with E-state index in [0.29, 0.717) is 11.3 Å². The number of hydrogen-bond donors (Lipinski definition) is 4. The molecule has 8 heteroatoms. The Balaban J connectivity index is 1.95. The van der Waals surface area contributed by atoms with Crippen LogP contribution in [0.3, 0.4) is 0 Å². The number of anilines is 1. The van der Waals surface area contributed by atoms with Crippen molar-refractivity contribution in [2.75, 3.05) is 5.32 Å². The van der Waals surface area contributed by atoms with Crippen LogP contribution in [0.5, 0.6) is 0 Å². The molecule has 0 spiro atoms. The first-order chi connectivity index (χ1) is 12.8. The van der Waals surface area contributed by atoms with Crippen LogP contribution in [0.15, 0.2) is 34.9 Å². The molecule has 4 N–H and O–H groups in total. The normalized spacial score (nSPS) is 10.5. The quantitative estimate of drug-likeness (QED) is 0.595. The van der Waals surface area contributed by atoms with E-state index in [0.717, 1.165) is 5.56 Å². The fourth-order valence-corrected chi connectivity index (χ4v) is 2.48. The number of carbonyl (C=O) groups is 3. The zero-order chi connectivity index (χ0) is 20.0. The standard InChI is InChI=1S/C19H23N3O5/c1-11(2)21-19(26)22-14-6-4-13(5-7-14)9-20-18(25)17-12(3)10-27-15(17)8-16(23)24/h4-7,10-11H,8-9H2,1-3H3,(H,20,25)(H,23,24)(H2,21,22,26). The average molecular weight is 373 g/mol. The lowest BCUT2D eigenvalue weighted by Gasteiger charge is -2.11. The fourth-order valence-electron chi connectivity index (χ4n) is 2.48. The third kappa shape index (κ3) is 5.88. The molecule has 1 heterocycles. The summed E-state index contributed by atoms with van der Waals surface area (Å²) in [6, 6.07) is 6.79. The van der Waals surface area contributed by atoms with Gasteiger partial charge < -0.3 is 25.5 Å². The summed E-state index contributed by atoms with van der Waals surface area (Å²) in [7, 11) is 0. The van der Waals surface area contributed by atoms with Gasteiger partial charge in [-0.3, -0.25) is 9.59 Å². The Bertz CT molecular complexity index is 824. The Morgan fingerprint density at radius 2 is 1.81 bits per heavy atom. The topological polar surface area (TPSA) is 121 Å². The second-order valence-corrected chi connectivity index (χ2v) is 6.42. The Labute approximate surface area is 156 Å². The Morgan fingerprint density at radius 1 is 1.15 bits per heavy atom. The number of carboxylic acid groups (broad SMARTS) is 1. The van der Waals surface area contributed by atoms with Gasteiger partial charge in [-0.2, -0.15) is 0 Å². The van der Waals surface area contributed by atoms with Crippen LogP contribution in [0.1, 0.15) is 41.1 Å². The van der Waals surface area contributed by atoms with Crippen molar-refractivity contribution in [3.63, 3.8) is 0 Å². The molecule has 0 aliphatic carbocycles. The summed E-state index contributed by atoms with van der Waals surface area (Å²) in [6.45, 7) is 5.69. The second kappa shape index (κ2) is 8.88. The summed E-state index contributed by atoms with van der Waals surface area (Å²) in [5.74, 6) is -1.33. The molecule has 2 rings (SSSR count). The number of benzene rings is 1. The first kappa shape index (κ1) is 20.0. The highest BCUT2D eigenvalue weighted by atomic mass is 16.4. The zero-order valence-electron chi connectivity index (χ0n) is 15.5. The van der Waals surface area contributed by atoms with Crippen LogP contribution in [0.4, 0.5) is 10.5 Å². The maximum absolute atomic E-state index is 12.4. The van der Waals surface area contributed by atoms with Gasteiger partial charge >= 0.3 is 12.0 Å². The predicted molar refractivity (Wildman–Crippen MR) is 99.7 cm³/mol. The van der Waals surface area contributed by atoms with Crippen LogP contribution in [0.2, 0.25) is 0 Å². The monoisotopic (exact) mass is 373 g/mol. The number of carbonyl (C=O) groups excluding carboxylic acids is 2. The molecule has 0 fully saturated rings.